The van der Waals surface area contributed by atoms with Crippen LogP contribution in [0.3, 0.4) is 0 Å². The van der Waals surface area contributed by atoms with Crippen molar-refractivity contribution in [3.8, 4) is 0 Å². The quantitative estimate of drug-likeness (QED) is 0.627. The molecule has 8 heteroatoms. The summed E-state index contributed by atoms with van der Waals surface area (Å²) in [4.78, 5) is 35.7. The molecule has 0 saturated carbocycles. The number of benzene rings is 1. The molecule has 2 amide bonds. The minimum Gasteiger partial charge on any atom is -0.383 e. The number of rotatable bonds is 3. The fraction of sp³-hybridized carbons (Fsp3) is 0.385. The zero-order chi connectivity index (χ0) is 15.4. The van der Waals surface area contributed by atoms with Crippen LogP contribution in [-0.4, -0.2) is 48.3 Å². The highest BCUT2D eigenvalue weighted by Crippen LogP contribution is 2.25. The number of nitro benzene ring substituents is 1. The van der Waals surface area contributed by atoms with Gasteiger partial charge in [0, 0.05) is 31.8 Å². The third-order valence-electron chi connectivity index (χ3n) is 3.26. The number of hydrogen-bond donors (Lipinski definition) is 2. The van der Waals surface area contributed by atoms with Crippen molar-refractivity contribution < 1.29 is 14.5 Å². The second-order valence-corrected chi connectivity index (χ2v) is 4.67. The molecule has 1 heterocycles. The van der Waals surface area contributed by atoms with Crippen molar-refractivity contribution in [3.05, 3.63) is 33.9 Å². The number of hydrogen-bond acceptors (Lipinski definition) is 5. The fourth-order valence-electron chi connectivity index (χ4n) is 2.19. The molecule has 0 unspecified atom stereocenters. The Morgan fingerprint density at radius 3 is 2.90 bits per heavy atom. The molecule has 8 nitrogen and oxygen atoms in total. The molecule has 1 aromatic carbocycles. The smallest absolute Gasteiger partial charge is 0.293 e. The van der Waals surface area contributed by atoms with Crippen molar-refractivity contribution in [2.75, 3.05) is 32.0 Å². The van der Waals surface area contributed by atoms with E-state index in [0.717, 1.165) is 0 Å². The van der Waals surface area contributed by atoms with E-state index in [0.29, 0.717) is 25.2 Å². The molecule has 1 saturated heterocycles. The summed E-state index contributed by atoms with van der Waals surface area (Å²) in [6.45, 7) is 0.945. The summed E-state index contributed by atoms with van der Waals surface area (Å²) in [6, 6.07) is 4.24. The highest BCUT2D eigenvalue weighted by molar-refractivity contribution is 5.97. The third kappa shape index (κ3) is 3.28. The topological polar surface area (TPSA) is 105 Å². The van der Waals surface area contributed by atoms with Gasteiger partial charge >= 0.3 is 0 Å². The van der Waals surface area contributed by atoms with E-state index in [-0.39, 0.29) is 29.6 Å². The average molecular weight is 292 g/mol. The first kappa shape index (κ1) is 14.8. The Bertz CT molecular complexity index is 588. The van der Waals surface area contributed by atoms with Gasteiger partial charge in [-0.3, -0.25) is 19.7 Å². The maximum atomic E-state index is 12.4. The van der Waals surface area contributed by atoms with Crippen LogP contribution in [0, 0.1) is 10.1 Å². The lowest BCUT2D eigenvalue weighted by Crippen LogP contribution is -2.37. The van der Waals surface area contributed by atoms with Crippen molar-refractivity contribution in [1.82, 2.24) is 10.2 Å². The van der Waals surface area contributed by atoms with Crippen LogP contribution in [0.2, 0.25) is 0 Å². The van der Waals surface area contributed by atoms with E-state index in [9.17, 15) is 19.7 Å². The van der Waals surface area contributed by atoms with Crippen LogP contribution in [-0.2, 0) is 4.79 Å². The van der Waals surface area contributed by atoms with Gasteiger partial charge in [0.25, 0.3) is 11.6 Å². The molecular weight excluding hydrogens is 276 g/mol. The van der Waals surface area contributed by atoms with Gasteiger partial charge in [-0.25, -0.2) is 0 Å². The second-order valence-electron chi connectivity index (χ2n) is 4.67. The molecule has 2 N–H and O–H groups in total. The minimum atomic E-state index is -0.544. The van der Waals surface area contributed by atoms with Gasteiger partial charge in [-0.05, 0) is 18.6 Å². The summed E-state index contributed by atoms with van der Waals surface area (Å²) in [6.07, 6.45) is 0.661. The Balaban J connectivity index is 2.28. The van der Waals surface area contributed by atoms with Gasteiger partial charge in [-0.15, -0.1) is 0 Å². The Labute approximate surface area is 121 Å². The third-order valence-corrected chi connectivity index (χ3v) is 3.26. The lowest BCUT2D eigenvalue weighted by atomic mass is 10.1. The SMILES string of the molecule is CNc1ccc(C(=O)N2CCCNC(=O)C2)cc1[N+](=O)[O-]. The number of nitro groups is 1. The Hall–Kier alpha value is -2.64. The number of nitrogens with zero attached hydrogens (tertiary/aromatic N) is 2. The molecule has 0 spiro atoms. The molecular formula is C13H16N4O4. The molecule has 1 aliphatic heterocycles. The Morgan fingerprint density at radius 2 is 2.24 bits per heavy atom. The van der Waals surface area contributed by atoms with Crippen LogP contribution >= 0.6 is 0 Å². The van der Waals surface area contributed by atoms with E-state index in [1.165, 1.54) is 23.1 Å². The van der Waals surface area contributed by atoms with E-state index < -0.39 is 4.92 Å². The summed E-state index contributed by atoms with van der Waals surface area (Å²) in [5.74, 6) is -0.597. The van der Waals surface area contributed by atoms with Crippen molar-refractivity contribution in [1.29, 1.82) is 0 Å². The number of carbonyl (C=O) groups excluding carboxylic acids is 2. The van der Waals surface area contributed by atoms with Crippen molar-refractivity contribution in [3.63, 3.8) is 0 Å². The number of anilines is 1. The van der Waals surface area contributed by atoms with Gasteiger partial charge in [0.05, 0.1) is 11.5 Å². The maximum Gasteiger partial charge on any atom is 0.293 e. The lowest BCUT2D eigenvalue weighted by Gasteiger charge is -2.19. The van der Waals surface area contributed by atoms with Gasteiger partial charge in [-0.1, -0.05) is 0 Å². The van der Waals surface area contributed by atoms with Crippen LogP contribution in [0.4, 0.5) is 11.4 Å². The van der Waals surface area contributed by atoms with Gasteiger partial charge < -0.3 is 15.5 Å². The molecule has 1 fully saturated rings. The zero-order valence-electron chi connectivity index (χ0n) is 11.6. The van der Waals surface area contributed by atoms with Crippen molar-refractivity contribution >= 4 is 23.2 Å². The van der Waals surface area contributed by atoms with E-state index >= 15 is 0 Å². The average Bonchev–Trinajstić information content (AvgIpc) is 2.70. The first-order valence-corrected chi connectivity index (χ1v) is 6.55. The van der Waals surface area contributed by atoms with Crippen molar-refractivity contribution in [2.24, 2.45) is 0 Å². The normalized spacial score (nSPS) is 15.1. The number of carbonyl (C=O) groups is 2. The van der Waals surface area contributed by atoms with Crippen molar-refractivity contribution in [2.45, 2.75) is 6.42 Å². The molecule has 1 aliphatic rings. The predicted octanol–water partition coefficient (Wildman–Crippen LogP) is 0.599. The molecule has 0 atom stereocenters. The molecule has 1 aromatic rings. The largest absolute Gasteiger partial charge is 0.383 e. The standard InChI is InChI=1S/C13H16N4O4/c1-14-10-4-3-9(7-11(10)17(20)21)13(19)16-6-2-5-15-12(18)8-16/h3-4,7,14H,2,5-6,8H2,1H3,(H,15,18). The molecule has 0 aliphatic carbocycles. The summed E-state index contributed by atoms with van der Waals surface area (Å²) < 4.78 is 0. The van der Waals surface area contributed by atoms with Crippen LogP contribution in [0.5, 0.6) is 0 Å². The maximum absolute atomic E-state index is 12.4. The highest BCUT2D eigenvalue weighted by Gasteiger charge is 2.23. The summed E-state index contributed by atoms with van der Waals surface area (Å²) in [5.41, 5.74) is 0.378. The van der Waals surface area contributed by atoms with Crippen LogP contribution in [0.1, 0.15) is 16.8 Å². The highest BCUT2D eigenvalue weighted by atomic mass is 16.6. The van der Waals surface area contributed by atoms with E-state index in [1.807, 2.05) is 0 Å². The van der Waals surface area contributed by atoms with Crippen LogP contribution in [0.15, 0.2) is 18.2 Å². The molecule has 0 bridgehead atoms. The summed E-state index contributed by atoms with van der Waals surface area (Å²) >= 11 is 0. The van der Waals surface area contributed by atoms with E-state index in [4.69, 9.17) is 0 Å². The summed E-state index contributed by atoms with van der Waals surface area (Å²) in [5, 5.41) is 16.4. The van der Waals surface area contributed by atoms with Gasteiger partial charge in [-0.2, -0.15) is 0 Å². The summed E-state index contributed by atoms with van der Waals surface area (Å²) in [7, 11) is 1.57. The Kier molecular flexibility index (Phi) is 4.36. The number of amides is 2. The van der Waals surface area contributed by atoms with Crippen LogP contribution < -0.4 is 10.6 Å². The lowest BCUT2D eigenvalue weighted by molar-refractivity contribution is -0.384. The zero-order valence-corrected chi connectivity index (χ0v) is 11.6. The van der Waals surface area contributed by atoms with Crippen LogP contribution in [0.25, 0.3) is 0 Å². The van der Waals surface area contributed by atoms with E-state index in [1.54, 1.807) is 7.05 Å². The number of nitrogens with one attached hydrogen (secondary N) is 2. The molecule has 112 valence electrons. The monoisotopic (exact) mass is 292 g/mol. The van der Waals surface area contributed by atoms with Gasteiger partial charge in [0.15, 0.2) is 0 Å². The Morgan fingerprint density at radius 1 is 1.48 bits per heavy atom. The molecule has 21 heavy (non-hydrogen) atoms. The minimum absolute atomic E-state index is 0.0274. The molecule has 0 aromatic heterocycles. The van der Waals surface area contributed by atoms with Gasteiger partial charge in [0.2, 0.25) is 5.91 Å². The predicted molar refractivity (Wildman–Crippen MR) is 76.2 cm³/mol. The van der Waals surface area contributed by atoms with E-state index in [2.05, 4.69) is 10.6 Å². The van der Waals surface area contributed by atoms with Gasteiger partial charge in [0.1, 0.15) is 5.69 Å². The first-order valence-electron chi connectivity index (χ1n) is 6.55. The first-order chi connectivity index (χ1) is 10.0. The molecule has 2 rings (SSSR count). The molecule has 0 radical (unpaired) electrons. The second kappa shape index (κ2) is 6.21. The fourth-order valence-corrected chi connectivity index (χ4v) is 2.19.